The molecule has 4 bridgehead atoms. The van der Waals surface area contributed by atoms with Gasteiger partial charge in [0.2, 0.25) is 0 Å². The third kappa shape index (κ3) is 4.65. The van der Waals surface area contributed by atoms with Crippen molar-refractivity contribution in [1.82, 2.24) is 14.0 Å². The maximum absolute atomic E-state index is 13.8. The Labute approximate surface area is 225 Å². The van der Waals surface area contributed by atoms with Gasteiger partial charge in [-0.2, -0.15) is 0 Å². The van der Waals surface area contributed by atoms with Crippen LogP contribution in [0.25, 0.3) is 10.9 Å². The third-order valence-electron chi connectivity index (χ3n) is 10.3. The number of esters is 1. The molecule has 206 valence electrons. The molecule has 4 fully saturated rings. The van der Waals surface area contributed by atoms with E-state index in [1.165, 1.54) is 54.1 Å². The van der Waals surface area contributed by atoms with Crippen LogP contribution in [0.5, 0.6) is 0 Å². The number of hydrogen-bond donors (Lipinski definition) is 0. The molecule has 0 radical (unpaired) electrons. The van der Waals surface area contributed by atoms with Crippen molar-refractivity contribution in [3.63, 3.8) is 0 Å². The quantitative estimate of drug-likeness (QED) is 0.506. The van der Waals surface area contributed by atoms with Crippen LogP contribution in [0.4, 0.5) is 0 Å². The Morgan fingerprint density at radius 3 is 2.21 bits per heavy atom. The predicted molar refractivity (Wildman–Crippen MR) is 148 cm³/mol. The van der Waals surface area contributed by atoms with Crippen LogP contribution in [0.3, 0.4) is 0 Å². The first-order chi connectivity index (χ1) is 18.5. The van der Waals surface area contributed by atoms with Crippen LogP contribution < -0.4 is 11.2 Å². The van der Waals surface area contributed by atoms with E-state index in [2.05, 4.69) is 11.8 Å². The molecule has 7 heteroatoms. The van der Waals surface area contributed by atoms with E-state index in [-0.39, 0.29) is 30.4 Å². The van der Waals surface area contributed by atoms with Crippen molar-refractivity contribution in [3.8, 4) is 0 Å². The highest BCUT2D eigenvalue weighted by Crippen LogP contribution is 2.48. The van der Waals surface area contributed by atoms with E-state index < -0.39 is 5.97 Å². The zero-order chi connectivity index (χ0) is 26.4. The molecule has 2 aliphatic heterocycles. The van der Waals surface area contributed by atoms with Crippen molar-refractivity contribution in [2.45, 2.75) is 115 Å². The third-order valence-corrected chi connectivity index (χ3v) is 10.3. The van der Waals surface area contributed by atoms with Crippen molar-refractivity contribution in [2.75, 3.05) is 6.61 Å². The van der Waals surface area contributed by atoms with Gasteiger partial charge in [-0.15, -0.1) is 0 Å². The molecule has 2 saturated carbocycles. The van der Waals surface area contributed by atoms with Crippen molar-refractivity contribution in [1.29, 1.82) is 0 Å². The molecule has 0 spiro atoms. The molecule has 1 aromatic carbocycles. The number of carbonyl (C=O) groups is 1. The van der Waals surface area contributed by atoms with Gasteiger partial charge in [-0.25, -0.2) is 4.79 Å². The summed E-state index contributed by atoms with van der Waals surface area (Å²) in [4.78, 5) is 42.8. The highest BCUT2D eigenvalue weighted by Gasteiger charge is 2.46. The Morgan fingerprint density at radius 2 is 1.55 bits per heavy atom. The van der Waals surface area contributed by atoms with Gasteiger partial charge in [0, 0.05) is 24.2 Å². The van der Waals surface area contributed by atoms with E-state index >= 15 is 0 Å². The molecule has 3 heterocycles. The lowest BCUT2D eigenvalue weighted by atomic mass is 9.64. The second kappa shape index (κ2) is 10.6. The lowest BCUT2D eigenvalue weighted by Crippen LogP contribution is -2.59. The number of benzene rings is 1. The van der Waals surface area contributed by atoms with Gasteiger partial charge in [0.15, 0.2) is 0 Å². The minimum Gasteiger partial charge on any atom is -0.465 e. The molecule has 38 heavy (non-hydrogen) atoms. The van der Waals surface area contributed by atoms with E-state index in [0.717, 1.165) is 43.4 Å². The Morgan fingerprint density at radius 1 is 0.868 bits per heavy atom. The predicted octanol–water partition coefficient (Wildman–Crippen LogP) is 4.89. The van der Waals surface area contributed by atoms with Gasteiger partial charge in [0.05, 0.1) is 17.5 Å². The summed E-state index contributed by atoms with van der Waals surface area (Å²) >= 11 is 0. The van der Waals surface area contributed by atoms with Crippen LogP contribution in [0.2, 0.25) is 0 Å². The lowest BCUT2D eigenvalue weighted by molar-refractivity contribution is -0.143. The molecule has 2 saturated heterocycles. The van der Waals surface area contributed by atoms with E-state index in [1.54, 1.807) is 25.1 Å². The molecular formula is C31H43N3O4. The van der Waals surface area contributed by atoms with Gasteiger partial charge in [-0.05, 0) is 94.6 Å². The number of piperidine rings is 2. The lowest BCUT2D eigenvalue weighted by Gasteiger charge is -2.55. The van der Waals surface area contributed by atoms with E-state index in [9.17, 15) is 14.4 Å². The first-order valence-corrected chi connectivity index (χ1v) is 15.1. The SMILES string of the molecule is CCOC(=O)Cn1c(=O)n([C@H]2C[C@H]3CCC[C@@H](C2)N3[C@H]2C[C@@H]3CC(CC)C[C@@H](C3)C2)c(=O)c2ccccc21. The molecule has 7 nitrogen and oxygen atoms in total. The van der Waals surface area contributed by atoms with Crippen LogP contribution in [0, 0.1) is 17.8 Å². The largest absolute Gasteiger partial charge is 0.465 e. The fourth-order valence-corrected chi connectivity index (χ4v) is 8.88. The molecule has 7 atom stereocenters. The standard InChI is InChI=1S/C31H43N3O4/c1-3-20-12-21-14-22(13-20)16-25(15-21)33-23-8-7-9-24(33)18-26(17-23)34-30(36)27-10-5-6-11-28(27)32(31(34)37)19-29(35)38-4-2/h5-6,10-11,20-26H,3-4,7-9,12-19H2,1-2H3/t20?,21-,22+,23-,24+,25+,26+. The maximum Gasteiger partial charge on any atom is 0.332 e. The minimum absolute atomic E-state index is 0.132. The van der Waals surface area contributed by atoms with Crippen LogP contribution in [0.15, 0.2) is 33.9 Å². The maximum atomic E-state index is 13.8. The van der Waals surface area contributed by atoms with Crippen LogP contribution in [-0.4, -0.2) is 44.7 Å². The molecule has 1 aromatic heterocycles. The van der Waals surface area contributed by atoms with Crippen molar-refractivity contribution < 1.29 is 9.53 Å². The van der Waals surface area contributed by atoms with Gasteiger partial charge < -0.3 is 4.74 Å². The first-order valence-electron chi connectivity index (χ1n) is 15.1. The Bertz CT molecular complexity index is 1270. The molecule has 4 aliphatic rings. The van der Waals surface area contributed by atoms with E-state index in [0.29, 0.717) is 29.0 Å². The van der Waals surface area contributed by atoms with Crippen molar-refractivity contribution >= 4 is 16.9 Å². The highest BCUT2D eigenvalue weighted by molar-refractivity contribution is 5.80. The fraction of sp³-hybridized carbons (Fsp3) is 0.710. The van der Waals surface area contributed by atoms with E-state index in [4.69, 9.17) is 4.74 Å². The van der Waals surface area contributed by atoms with Crippen LogP contribution in [-0.2, 0) is 16.1 Å². The summed E-state index contributed by atoms with van der Waals surface area (Å²) in [5.41, 5.74) is -0.0975. The molecule has 2 aliphatic carbocycles. The number of aromatic nitrogens is 2. The molecule has 0 amide bonds. The summed E-state index contributed by atoms with van der Waals surface area (Å²) in [6.45, 7) is 4.19. The minimum atomic E-state index is -0.454. The molecular weight excluding hydrogens is 478 g/mol. The molecule has 6 rings (SSSR count). The average Bonchev–Trinajstić information content (AvgIpc) is 2.90. The number of fused-ring (bicyclic) bond motifs is 5. The summed E-state index contributed by atoms with van der Waals surface area (Å²) in [5, 5.41) is 0.495. The number of carbonyl (C=O) groups excluding carboxylic acids is 1. The number of rotatable bonds is 6. The average molecular weight is 522 g/mol. The first kappa shape index (κ1) is 25.8. The van der Waals surface area contributed by atoms with Crippen molar-refractivity contribution in [3.05, 3.63) is 45.1 Å². The summed E-state index contributed by atoms with van der Waals surface area (Å²) < 4.78 is 8.10. The van der Waals surface area contributed by atoms with Gasteiger partial charge in [0.25, 0.3) is 5.56 Å². The smallest absolute Gasteiger partial charge is 0.332 e. The van der Waals surface area contributed by atoms with Gasteiger partial charge in [-0.3, -0.25) is 23.6 Å². The summed E-state index contributed by atoms with van der Waals surface area (Å²) in [5.74, 6) is 2.20. The fourth-order valence-electron chi connectivity index (χ4n) is 8.88. The van der Waals surface area contributed by atoms with Crippen LogP contribution in [0.1, 0.15) is 90.5 Å². The monoisotopic (exact) mass is 521 g/mol. The van der Waals surface area contributed by atoms with Gasteiger partial charge in [-0.1, -0.05) is 31.9 Å². The zero-order valence-electron chi connectivity index (χ0n) is 23.0. The second-order valence-electron chi connectivity index (χ2n) is 12.5. The topological polar surface area (TPSA) is 73.5 Å². The molecule has 2 aromatic rings. The van der Waals surface area contributed by atoms with Crippen molar-refractivity contribution in [2.24, 2.45) is 17.8 Å². The normalized spacial score (nSPS) is 33.3. The molecule has 0 N–H and O–H groups in total. The number of nitrogens with zero attached hydrogens (tertiary/aromatic N) is 3. The summed E-state index contributed by atoms with van der Waals surface area (Å²) in [6.07, 6.45) is 13.4. The van der Waals surface area contributed by atoms with E-state index in [1.807, 2.05) is 6.07 Å². The van der Waals surface area contributed by atoms with Gasteiger partial charge >= 0.3 is 11.7 Å². The second-order valence-corrected chi connectivity index (χ2v) is 12.5. The van der Waals surface area contributed by atoms with Crippen LogP contribution >= 0.6 is 0 Å². The highest BCUT2D eigenvalue weighted by atomic mass is 16.5. The number of para-hydroxylation sites is 1. The molecule has 1 unspecified atom stereocenters. The zero-order valence-corrected chi connectivity index (χ0v) is 23.0. The Hall–Kier alpha value is -2.41. The summed E-state index contributed by atoms with van der Waals surface area (Å²) in [7, 11) is 0. The number of hydrogen-bond acceptors (Lipinski definition) is 5. The van der Waals surface area contributed by atoms with Gasteiger partial charge in [0.1, 0.15) is 6.54 Å². The summed E-state index contributed by atoms with van der Waals surface area (Å²) in [6, 6.07) is 8.53. The Balaban J connectivity index is 1.30. The Kier molecular flexibility index (Phi) is 7.23. The number of ether oxygens (including phenoxy) is 1.